The Kier molecular flexibility index (Phi) is 4.97. The van der Waals surface area contributed by atoms with Crippen LogP contribution in [0.15, 0.2) is 24.3 Å². The maximum Gasteiger partial charge on any atom is 0.337 e. The zero-order valence-electron chi connectivity index (χ0n) is 9.89. The molecule has 3 nitrogen and oxygen atoms in total. The van der Waals surface area contributed by atoms with E-state index in [0.717, 1.165) is 5.56 Å². The summed E-state index contributed by atoms with van der Waals surface area (Å²) in [5.74, 6) is 0.313. The van der Waals surface area contributed by atoms with E-state index in [4.69, 9.17) is 5.73 Å². The van der Waals surface area contributed by atoms with Crippen LogP contribution in [0.4, 0.5) is 0 Å². The number of carbonyl (C=O) groups is 1. The summed E-state index contributed by atoms with van der Waals surface area (Å²) in [5.41, 5.74) is 7.83. The lowest BCUT2D eigenvalue weighted by Crippen LogP contribution is -2.26. The first kappa shape index (κ1) is 14.0. The third-order valence-corrected chi connectivity index (χ3v) is 3.37. The van der Waals surface area contributed by atoms with Gasteiger partial charge in [0.2, 0.25) is 0 Å². The first-order chi connectivity index (χ1) is 7.72. The lowest BCUT2D eigenvalue weighted by atomic mass is 9.77. The summed E-state index contributed by atoms with van der Waals surface area (Å²) >= 11 is 0. The van der Waals surface area contributed by atoms with Crippen molar-refractivity contribution >= 4 is 18.4 Å². The van der Waals surface area contributed by atoms with Crippen molar-refractivity contribution in [3.63, 3.8) is 0 Å². The summed E-state index contributed by atoms with van der Waals surface area (Å²) in [6.07, 6.45) is 3.73. The van der Waals surface area contributed by atoms with Crippen molar-refractivity contribution in [3.8, 4) is 0 Å². The molecule has 0 heterocycles. The highest BCUT2D eigenvalue weighted by atomic mass is 35.5. The van der Waals surface area contributed by atoms with Crippen molar-refractivity contribution in [1.29, 1.82) is 0 Å². The third-order valence-electron chi connectivity index (χ3n) is 3.37. The van der Waals surface area contributed by atoms with Gasteiger partial charge in [-0.2, -0.15) is 0 Å². The summed E-state index contributed by atoms with van der Waals surface area (Å²) in [4.78, 5) is 11.2. The van der Waals surface area contributed by atoms with Gasteiger partial charge in [0.1, 0.15) is 0 Å². The first-order valence-corrected chi connectivity index (χ1v) is 5.66. The molecule has 1 aromatic rings. The lowest BCUT2D eigenvalue weighted by Gasteiger charge is -2.31. The van der Waals surface area contributed by atoms with Gasteiger partial charge in [-0.25, -0.2) is 4.79 Å². The van der Waals surface area contributed by atoms with Crippen molar-refractivity contribution in [3.05, 3.63) is 35.4 Å². The number of methoxy groups -OCH3 is 1. The van der Waals surface area contributed by atoms with Crippen LogP contribution in [-0.2, 0) is 4.74 Å². The number of hydrogen-bond acceptors (Lipinski definition) is 3. The highest BCUT2D eigenvalue weighted by Gasteiger charge is 2.25. The Balaban J connectivity index is 0.00000144. The Bertz CT molecular complexity index is 374. The normalized spacial score (nSPS) is 16.6. The molecule has 0 aromatic heterocycles. The molecule has 4 heteroatoms. The highest BCUT2D eigenvalue weighted by Crippen LogP contribution is 2.36. The van der Waals surface area contributed by atoms with Crippen LogP contribution < -0.4 is 5.73 Å². The van der Waals surface area contributed by atoms with Gasteiger partial charge in [0.05, 0.1) is 12.7 Å². The second-order valence-corrected chi connectivity index (χ2v) is 4.33. The van der Waals surface area contributed by atoms with E-state index in [1.165, 1.54) is 26.4 Å². The van der Waals surface area contributed by atoms with Crippen molar-refractivity contribution in [2.75, 3.05) is 7.11 Å². The molecule has 0 saturated heterocycles. The first-order valence-electron chi connectivity index (χ1n) is 5.66. The number of ether oxygens (including phenoxy) is 1. The minimum atomic E-state index is -0.302. The number of hydrogen-bond donors (Lipinski definition) is 1. The van der Waals surface area contributed by atoms with E-state index < -0.39 is 0 Å². The quantitative estimate of drug-likeness (QED) is 0.845. The van der Waals surface area contributed by atoms with Gasteiger partial charge in [0, 0.05) is 6.04 Å². The van der Waals surface area contributed by atoms with Gasteiger partial charge in [-0.3, -0.25) is 0 Å². The minimum absolute atomic E-state index is 0. The van der Waals surface area contributed by atoms with Gasteiger partial charge in [0.15, 0.2) is 0 Å². The standard InChI is InChI=1S/C13H17NO2.ClH/c1-16-13(15)11-7-5-10(6-8-11)12(14)9-3-2-4-9;/h5-9,12H,2-4,14H2,1H3;1H/t12-;/m1./s1. The third kappa shape index (κ3) is 2.99. The van der Waals surface area contributed by atoms with E-state index in [9.17, 15) is 4.79 Å². The molecule has 0 amide bonds. The molecule has 2 N–H and O–H groups in total. The topological polar surface area (TPSA) is 52.3 Å². The van der Waals surface area contributed by atoms with Gasteiger partial charge < -0.3 is 10.5 Å². The Labute approximate surface area is 108 Å². The molecule has 1 fully saturated rings. The number of esters is 1. The van der Waals surface area contributed by atoms with Crippen LogP contribution in [0, 0.1) is 5.92 Å². The van der Waals surface area contributed by atoms with E-state index >= 15 is 0 Å². The van der Waals surface area contributed by atoms with Crippen molar-refractivity contribution in [1.82, 2.24) is 0 Å². The van der Waals surface area contributed by atoms with Crippen LogP contribution in [0.1, 0.15) is 41.2 Å². The predicted octanol–water partition coefficient (Wildman–Crippen LogP) is 2.69. The van der Waals surface area contributed by atoms with Gasteiger partial charge in [-0.15, -0.1) is 12.4 Å². The van der Waals surface area contributed by atoms with Crippen LogP contribution in [0.3, 0.4) is 0 Å². The Morgan fingerprint density at radius 1 is 1.35 bits per heavy atom. The minimum Gasteiger partial charge on any atom is -0.465 e. The second-order valence-electron chi connectivity index (χ2n) is 4.33. The fraction of sp³-hybridized carbons (Fsp3) is 0.462. The number of carbonyl (C=O) groups excluding carboxylic acids is 1. The van der Waals surface area contributed by atoms with E-state index in [2.05, 4.69) is 4.74 Å². The van der Waals surface area contributed by atoms with Crippen LogP contribution in [0.2, 0.25) is 0 Å². The summed E-state index contributed by atoms with van der Waals surface area (Å²) in [5, 5.41) is 0. The molecule has 1 aliphatic carbocycles. The monoisotopic (exact) mass is 255 g/mol. The summed E-state index contributed by atoms with van der Waals surface area (Å²) in [7, 11) is 1.39. The number of benzene rings is 1. The fourth-order valence-electron chi connectivity index (χ4n) is 2.03. The van der Waals surface area contributed by atoms with Crippen LogP contribution in [0.5, 0.6) is 0 Å². The van der Waals surface area contributed by atoms with E-state index in [1.54, 1.807) is 12.1 Å². The van der Waals surface area contributed by atoms with Crippen molar-refractivity contribution < 1.29 is 9.53 Å². The molecule has 0 spiro atoms. The molecular formula is C13H18ClNO2. The van der Waals surface area contributed by atoms with Gasteiger partial charge in [-0.05, 0) is 36.5 Å². The Morgan fingerprint density at radius 2 is 1.94 bits per heavy atom. The number of nitrogens with two attached hydrogens (primary N) is 1. The van der Waals surface area contributed by atoms with Gasteiger partial charge in [0.25, 0.3) is 0 Å². The molecule has 94 valence electrons. The molecule has 0 radical (unpaired) electrons. The van der Waals surface area contributed by atoms with E-state index in [1.807, 2.05) is 12.1 Å². The van der Waals surface area contributed by atoms with Crippen molar-refractivity contribution in [2.45, 2.75) is 25.3 Å². The smallest absolute Gasteiger partial charge is 0.337 e. The molecule has 17 heavy (non-hydrogen) atoms. The maximum absolute atomic E-state index is 11.2. The molecular weight excluding hydrogens is 238 g/mol. The SMILES string of the molecule is COC(=O)c1ccc([C@H](N)C2CCC2)cc1.Cl. The lowest BCUT2D eigenvalue weighted by molar-refractivity contribution is 0.0600. The molecule has 1 saturated carbocycles. The molecule has 0 unspecified atom stereocenters. The molecule has 1 atom stereocenters. The van der Waals surface area contributed by atoms with Crippen molar-refractivity contribution in [2.24, 2.45) is 11.7 Å². The number of rotatable bonds is 3. The summed E-state index contributed by atoms with van der Waals surface area (Å²) < 4.78 is 4.65. The molecule has 0 bridgehead atoms. The largest absolute Gasteiger partial charge is 0.465 e. The van der Waals surface area contributed by atoms with Gasteiger partial charge in [-0.1, -0.05) is 18.6 Å². The zero-order valence-corrected chi connectivity index (χ0v) is 10.7. The van der Waals surface area contributed by atoms with E-state index in [-0.39, 0.29) is 24.4 Å². The highest BCUT2D eigenvalue weighted by molar-refractivity contribution is 5.89. The molecule has 1 aliphatic rings. The Morgan fingerprint density at radius 3 is 2.35 bits per heavy atom. The zero-order chi connectivity index (χ0) is 11.5. The summed E-state index contributed by atoms with van der Waals surface area (Å²) in [6.45, 7) is 0. The van der Waals surface area contributed by atoms with E-state index in [0.29, 0.717) is 11.5 Å². The predicted molar refractivity (Wildman–Crippen MR) is 69.3 cm³/mol. The number of halogens is 1. The fourth-order valence-corrected chi connectivity index (χ4v) is 2.03. The summed E-state index contributed by atoms with van der Waals surface area (Å²) in [6, 6.07) is 7.52. The van der Waals surface area contributed by atoms with Gasteiger partial charge >= 0.3 is 5.97 Å². The molecule has 0 aliphatic heterocycles. The molecule has 1 aromatic carbocycles. The second kappa shape index (κ2) is 6.03. The van der Waals surface area contributed by atoms with Crippen LogP contribution in [-0.4, -0.2) is 13.1 Å². The average molecular weight is 256 g/mol. The average Bonchev–Trinajstić information content (AvgIpc) is 2.26. The maximum atomic E-state index is 11.2. The Hall–Kier alpha value is -1.06. The molecule has 2 rings (SSSR count). The van der Waals surface area contributed by atoms with Crippen LogP contribution in [0.25, 0.3) is 0 Å². The van der Waals surface area contributed by atoms with Crippen LogP contribution >= 0.6 is 12.4 Å².